The van der Waals surface area contributed by atoms with Gasteiger partial charge < -0.3 is 129 Å². The van der Waals surface area contributed by atoms with Gasteiger partial charge in [-0.3, -0.25) is 81.5 Å². The number of hydrogen-bond acceptors (Lipinski definition) is 27. The SMILES string of the molecule is C=CCNCC(=O)N(CCOC)CC(=O)N(CC=C)CC(=O)N(CCOC)CC(=O)N(CC=C)CC(=O)NCC(=O)N[C@H](CCCCN)C(=O)N[C@@H](CCSC)C(=O)NCCCCC(NC(=O)[C@H](CCSC)NC(=O)[C@@H](CCCCN)NC(=O)CNC(=O)CN(CC=C)C(=O)CN(CCOC)C(=O)CN(CC=C)C(=O)CN(CCOC)C(=O)CNCC=C)C(N)=O. The molecule has 0 rings (SSSR count). The minimum atomic E-state index is -1.26. The molecular weight excluding hydrogens is 1680 g/mol. The third kappa shape index (κ3) is 51.4. The summed E-state index contributed by atoms with van der Waals surface area (Å²) >= 11 is 2.77. The van der Waals surface area contributed by atoms with Gasteiger partial charge in [0, 0.05) is 100 Å². The zero-order chi connectivity index (χ0) is 94.6. The highest BCUT2D eigenvalue weighted by Crippen LogP contribution is 2.12. The molecule has 0 saturated heterocycles. The van der Waals surface area contributed by atoms with E-state index in [-0.39, 0.29) is 156 Å². The van der Waals surface area contributed by atoms with Crippen LogP contribution in [0.4, 0.5) is 0 Å². The summed E-state index contributed by atoms with van der Waals surface area (Å²) in [5.74, 6) is -10.9. The summed E-state index contributed by atoms with van der Waals surface area (Å²) < 4.78 is 20.7. The van der Waals surface area contributed by atoms with Crippen molar-refractivity contribution < 1.29 is 100 Å². The van der Waals surface area contributed by atoms with Crippen LogP contribution < -0.4 is 70.4 Å². The molecule has 44 heteroatoms. The number of nitrogens with one attached hydrogen (secondary N) is 10. The van der Waals surface area contributed by atoms with Crippen LogP contribution in [0.15, 0.2) is 75.9 Å². The zero-order valence-corrected chi connectivity index (χ0v) is 76.1. The first-order valence-electron chi connectivity index (χ1n) is 41.6. The lowest BCUT2D eigenvalue weighted by atomic mass is 10.1. The van der Waals surface area contributed by atoms with E-state index in [9.17, 15) is 81.5 Å². The molecule has 0 aromatic rings. The van der Waals surface area contributed by atoms with Gasteiger partial charge in [0.25, 0.3) is 0 Å². The van der Waals surface area contributed by atoms with Crippen molar-refractivity contribution in [3.8, 4) is 0 Å². The highest BCUT2D eigenvalue weighted by molar-refractivity contribution is 7.98. The number of carbonyl (C=O) groups excluding carboxylic acids is 17. The van der Waals surface area contributed by atoms with Crippen LogP contribution in [0.1, 0.15) is 70.6 Å². The molecular formula is C82H141N21O21S2. The fourth-order valence-corrected chi connectivity index (χ4v) is 12.7. The maximum atomic E-state index is 14.1. The summed E-state index contributed by atoms with van der Waals surface area (Å²) in [6, 6.07) is -6.07. The fourth-order valence-electron chi connectivity index (χ4n) is 11.7. The van der Waals surface area contributed by atoms with Crippen molar-refractivity contribution in [2.24, 2.45) is 17.2 Å². The van der Waals surface area contributed by atoms with E-state index < -0.39 is 196 Å². The molecule has 0 heterocycles. The molecule has 0 spiro atoms. The Morgan fingerprint density at radius 3 is 0.921 bits per heavy atom. The van der Waals surface area contributed by atoms with Crippen molar-refractivity contribution in [1.82, 2.24) is 92.4 Å². The second kappa shape index (κ2) is 71.9. The summed E-state index contributed by atoms with van der Waals surface area (Å²) in [4.78, 5) is 241. The largest absolute Gasteiger partial charge is 0.383 e. The number of methoxy groups -OCH3 is 4. The van der Waals surface area contributed by atoms with Gasteiger partial charge in [0.15, 0.2) is 0 Å². The average Bonchev–Trinajstić information content (AvgIpc) is 0.874. The summed E-state index contributed by atoms with van der Waals surface area (Å²) in [5.41, 5.74) is 17.4. The second-order valence-corrected chi connectivity index (χ2v) is 30.6. The van der Waals surface area contributed by atoms with Gasteiger partial charge in [-0.15, -0.1) is 39.5 Å². The first-order valence-corrected chi connectivity index (χ1v) is 44.4. The van der Waals surface area contributed by atoms with Crippen LogP contribution in [0.25, 0.3) is 0 Å². The quantitative estimate of drug-likeness (QED) is 0.0200. The van der Waals surface area contributed by atoms with Crippen LogP contribution in [-0.4, -0.2) is 412 Å². The van der Waals surface area contributed by atoms with Gasteiger partial charge in [-0.2, -0.15) is 23.5 Å². The van der Waals surface area contributed by atoms with Crippen molar-refractivity contribution in [2.75, 3.05) is 243 Å². The second-order valence-electron chi connectivity index (χ2n) is 28.6. The molecule has 0 aliphatic heterocycles. The van der Waals surface area contributed by atoms with E-state index in [4.69, 9.17) is 36.1 Å². The first kappa shape index (κ1) is 116. The van der Waals surface area contributed by atoms with Gasteiger partial charge in [-0.1, -0.05) is 36.5 Å². The van der Waals surface area contributed by atoms with Gasteiger partial charge in [0.1, 0.15) is 43.3 Å². The molecule has 0 radical (unpaired) electrons. The van der Waals surface area contributed by atoms with Crippen molar-refractivity contribution in [1.29, 1.82) is 0 Å². The Labute approximate surface area is 749 Å². The van der Waals surface area contributed by atoms with Crippen LogP contribution in [-0.2, 0) is 100 Å². The van der Waals surface area contributed by atoms with Crippen LogP contribution in [0, 0.1) is 0 Å². The number of primary amides is 1. The highest BCUT2D eigenvalue weighted by atomic mass is 32.2. The number of unbranched alkanes of at least 4 members (excludes halogenated alkanes) is 3. The number of carbonyl (C=O) groups is 17. The monoisotopic (exact) mass is 1820 g/mol. The van der Waals surface area contributed by atoms with Gasteiger partial charge >= 0.3 is 0 Å². The Morgan fingerprint density at radius 2 is 0.611 bits per heavy atom. The first-order chi connectivity index (χ1) is 60.4. The normalized spacial score (nSPS) is 11.9. The Hall–Kier alpha value is -10.2. The molecule has 0 fully saturated rings. The lowest BCUT2D eigenvalue weighted by Gasteiger charge is -2.30. The van der Waals surface area contributed by atoms with Gasteiger partial charge in [-0.05, 0) is 108 Å². The Balaban J connectivity index is 6.17. The van der Waals surface area contributed by atoms with Gasteiger partial charge in [0.2, 0.25) is 100 Å². The van der Waals surface area contributed by atoms with Crippen molar-refractivity contribution in [2.45, 2.75) is 101 Å². The molecule has 17 amide bonds. The summed E-state index contributed by atoms with van der Waals surface area (Å²) in [7, 11) is 5.66. The summed E-state index contributed by atoms with van der Waals surface area (Å²) in [6.45, 7) is 17.3. The molecule has 0 aliphatic carbocycles. The van der Waals surface area contributed by atoms with Gasteiger partial charge in [-0.25, -0.2) is 0 Å². The van der Waals surface area contributed by atoms with Crippen LogP contribution >= 0.6 is 23.5 Å². The van der Waals surface area contributed by atoms with Crippen molar-refractivity contribution >= 4 is 124 Å². The standard InChI is InChI=1S/C82H141N21O21S2/c1-13-32-86-51-70(108)100(39-43-121-7)57-74(112)98(37-17-5)55-76(114)102(41-45-123-9)59-72(110)96(35-15-3)53-68(106)89-49-66(104)91-62(26-19-22-30-83)80(118)94-64(28-47-125-11)79(117)88-34-24-21-25-61(78(85)116)93-82(120)65(29-48-126-12)95-81(119)63(27-20-23-31-84)92-67(105)50-90-69(107)54-97(36-16-4)73(111)60-103(42-46-124-10)77(115)56-99(38-18-6)75(113)58-101(40-44-122-8)71(109)52-87-33-14-2/h13-18,61-65,86-87H,1-6,19-60,83-84H2,7-12H3,(H2,85,116)(H,88,117)(H,89,106)(H,90,107)(H,91,104)(H,92,105)(H,93,120)(H,94,118)(H,95,119)/t61?,62-,63-,64+,65+/m1/s1. The van der Waals surface area contributed by atoms with E-state index in [0.29, 0.717) is 50.3 Å². The molecule has 0 aliphatic rings. The van der Waals surface area contributed by atoms with E-state index in [0.717, 1.165) is 19.6 Å². The predicted molar refractivity (Wildman–Crippen MR) is 481 cm³/mol. The lowest BCUT2D eigenvalue weighted by molar-refractivity contribution is -0.146. The number of thioether (sulfide) groups is 2. The van der Waals surface area contributed by atoms with E-state index in [1.54, 1.807) is 24.7 Å². The minimum absolute atomic E-state index is 0.00891. The molecule has 0 saturated carbocycles. The number of amides is 17. The van der Waals surface area contributed by atoms with Crippen molar-refractivity contribution in [3.63, 3.8) is 0 Å². The predicted octanol–water partition coefficient (Wildman–Crippen LogP) is -5.31. The average molecular weight is 1820 g/mol. The molecule has 1 unspecified atom stereocenters. The number of nitrogens with two attached hydrogens (primary N) is 3. The number of rotatable bonds is 77. The summed E-state index contributed by atoms with van der Waals surface area (Å²) in [6.07, 6.45) is 14.7. The highest BCUT2D eigenvalue weighted by Gasteiger charge is 2.34. The van der Waals surface area contributed by atoms with Gasteiger partial charge in [0.05, 0.1) is 91.9 Å². The molecule has 42 nitrogen and oxygen atoms in total. The van der Waals surface area contributed by atoms with E-state index >= 15 is 0 Å². The Kier molecular flexibility index (Phi) is 66.1. The van der Waals surface area contributed by atoms with Crippen LogP contribution in [0.3, 0.4) is 0 Å². The van der Waals surface area contributed by atoms with Crippen molar-refractivity contribution in [3.05, 3.63) is 75.9 Å². The lowest BCUT2D eigenvalue weighted by Crippen LogP contribution is -2.57. The number of ether oxygens (including phenoxy) is 4. The fraction of sp³-hybridized carbons (Fsp3) is 0.646. The maximum absolute atomic E-state index is 14.1. The third-order valence-corrected chi connectivity index (χ3v) is 20.0. The van der Waals surface area contributed by atoms with E-state index in [1.807, 2.05) is 0 Å². The Morgan fingerprint density at radius 1 is 0.325 bits per heavy atom. The molecule has 5 atom stereocenters. The molecule has 0 aromatic carbocycles. The number of nitrogens with zero attached hydrogens (tertiary/aromatic N) is 8. The zero-order valence-electron chi connectivity index (χ0n) is 74.5. The van der Waals surface area contributed by atoms with E-state index in [1.165, 1.54) is 95.9 Å². The molecule has 126 heavy (non-hydrogen) atoms. The topological polar surface area (TPSA) is 551 Å². The van der Waals surface area contributed by atoms with Crippen LogP contribution in [0.2, 0.25) is 0 Å². The Bertz CT molecular complexity index is 3460. The molecule has 16 N–H and O–H groups in total. The van der Waals surface area contributed by atoms with Crippen LogP contribution in [0.5, 0.6) is 0 Å². The molecule has 0 bridgehead atoms. The minimum Gasteiger partial charge on any atom is -0.383 e. The smallest absolute Gasteiger partial charge is 0.243 e. The number of hydrogen-bond donors (Lipinski definition) is 13. The maximum Gasteiger partial charge on any atom is 0.243 e. The molecule has 0 aromatic heterocycles. The third-order valence-electron chi connectivity index (χ3n) is 18.7. The molecule has 712 valence electrons. The van der Waals surface area contributed by atoms with E-state index in [2.05, 4.69) is 92.6 Å². The summed E-state index contributed by atoms with van der Waals surface area (Å²) in [5, 5.41) is 26.8.